The molecule has 0 radical (unpaired) electrons. The first-order chi connectivity index (χ1) is 7.92. The van der Waals surface area contributed by atoms with Gasteiger partial charge in [0.25, 0.3) is 0 Å². The number of aryl methyl sites for hydroxylation is 1. The van der Waals surface area contributed by atoms with Crippen LogP contribution >= 0.6 is 0 Å². The summed E-state index contributed by atoms with van der Waals surface area (Å²) in [5.41, 5.74) is 1.67. The normalized spacial score (nSPS) is 13.7. The molecule has 96 valence electrons. The van der Waals surface area contributed by atoms with Crippen molar-refractivity contribution in [2.24, 2.45) is 0 Å². The lowest BCUT2D eigenvalue weighted by Gasteiger charge is -2.19. The maximum Gasteiger partial charge on any atom is 0.389 e. The second-order valence-electron chi connectivity index (χ2n) is 4.00. The highest BCUT2D eigenvalue weighted by Crippen LogP contribution is 2.27. The quantitative estimate of drug-likeness (QED) is 0.861. The molecule has 0 fully saturated rings. The molecule has 0 bridgehead atoms. The third-order valence-corrected chi connectivity index (χ3v) is 2.50. The standard InChI is InChI=1S/C12H17F3N2/c1-3-16-11(6-7-12(13,14)15)10-5-4-9(2)17-8-10/h4-5,8,11,16H,3,6-7H2,1-2H3. The number of rotatable bonds is 5. The van der Waals surface area contributed by atoms with Crippen LogP contribution in [0.2, 0.25) is 0 Å². The average molecular weight is 246 g/mol. The molecule has 0 aliphatic heterocycles. The number of nitrogens with zero attached hydrogens (tertiary/aromatic N) is 1. The Morgan fingerprint density at radius 1 is 1.35 bits per heavy atom. The summed E-state index contributed by atoms with van der Waals surface area (Å²) in [4.78, 5) is 4.11. The molecule has 1 atom stereocenters. The molecule has 0 spiro atoms. The minimum atomic E-state index is -4.11. The van der Waals surface area contributed by atoms with E-state index in [1.807, 2.05) is 26.0 Å². The zero-order valence-electron chi connectivity index (χ0n) is 10.0. The van der Waals surface area contributed by atoms with Crippen molar-refractivity contribution in [2.75, 3.05) is 6.54 Å². The van der Waals surface area contributed by atoms with Crippen molar-refractivity contribution in [1.29, 1.82) is 0 Å². The van der Waals surface area contributed by atoms with E-state index in [4.69, 9.17) is 0 Å². The fourth-order valence-electron chi connectivity index (χ4n) is 1.63. The van der Waals surface area contributed by atoms with E-state index in [0.717, 1.165) is 11.3 Å². The molecule has 0 saturated carbocycles. The lowest BCUT2D eigenvalue weighted by Crippen LogP contribution is -2.23. The topological polar surface area (TPSA) is 24.9 Å². The van der Waals surface area contributed by atoms with Crippen LogP contribution in [0, 0.1) is 6.92 Å². The van der Waals surface area contributed by atoms with Crippen molar-refractivity contribution in [3.05, 3.63) is 29.6 Å². The Labute approximate surface area is 99.3 Å². The zero-order valence-corrected chi connectivity index (χ0v) is 10.0. The van der Waals surface area contributed by atoms with Gasteiger partial charge in [-0.2, -0.15) is 13.2 Å². The Morgan fingerprint density at radius 3 is 2.53 bits per heavy atom. The number of pyridine rings is 1. The van der Waals surface area contributed by atoms with Crippen LogP contribution in [0.1, 0.15) is 37.1 Å². The van der Waals surface area contributed by atoms with Gasteiger partial charge in [0.2, 0.25) is 0 Å². The van der Waals surface area contributed by atoms with Crippen molar-refractivity contribution in [3.63, 3.8) is 0 Å². The first-order valence-electron chi connectivity index (χ1n) is 5.65. The molecule has 17 heavy (non-hydrogen) atoms. The zero-order chi connectivity index (χ0) is 12.9. The molecule has 1 heterocycles. The van der Waals surface area contributed by atoms with Crippen LogP contribution in [-0.4, -0.2) is 17.7 Å². The molecule has 0 aliphatic rings. The largest absolute Gasteiger partial charge is 0.389 e. The maximum atomic E-state index is 12.2. The summed E-state index contributed by atoms with van der Waals surface area (Å²) in [6.45, 7) is 4.36. The predicted molar refractivity (Wildman–Crippen MR) is 60.7 cm³/mol. The highest BCUT2D eigenvalue weighted by molar-refractivity contribution is 5.17. The number of hydrogen-bond donors (Lipinski definition) is 1. The second-order valence-corrected chi connectivity index (χ2v) is 4.00. The Morgan fingerprint density at radius 2 is 2.06 bits per heavy atom. The molecule has 1 aromatic rings. The fraction of sp³-hybridized carbons (Fsp3) is 0.583. The van der Waals surface area contributed by atoms with Crippen molar-refractivity contribution < 1.29 is 13.2 Å². The van der Waals surface area contributed by atoms with Crippen molar-refractivity contribution in [1.82, 2.24) is 10.3 Å². The van der Waals surface area contributed by atoms with Gasteiger partial charge in [0, 0.05) is 24.4 Å². The molecule has 5 heteroatoms. The first-order valence-corrected chi connectivity index (χ1v) is 5.65. The van der Waals surface area contributed by atoms with Gasteiger partial charge in [-0.25, -0.2) is 0 Å². The Bertz CT molecular complexity index is 333. The summed E-state index contributed by atoms with van der Waals surface area (Å²) in [6, 6.07) is 3.36. The first kappa shape index (κ1) is 14.0. The SMILES string of the molecule is CCNC(CCC(F)(F)F)c1ccc(C)nc1. The third kappa shape index (κ3) is 5.17. The van der Waals surface area contributed by atoms with Crippen molar-refractivity contribution >= 4 is 0 Å². The maximum absolute atomic E-state index is 12.2. The molecule has 2 nitrogen and oxygen atoms in total. The van der Waals surface area contributed by atoms with Gasteiger partial charge in [-0.05, 0) is 31.5 Å². The molecule has 1 N–H and O–H groups in total. The van der Waals surface area contributed by atoms with E-state index in [2.05, 4.69) is 10.3 Å². The molecule has 0 aromatic carbocycles. The molecule has 0 aliphatic carbocycles. The van der Waals surface area contributed by atoms with Crippen molar-refractivity contribution in [3.8, 4) is 0 Å². The molecular formula is C12H17F3N2. The number of hydrogen-bond acceptors (Lipinski definition) is 2. The second kappa shape index (κ2) is 6.00. The monoisotopic (exact) mass is 246 g/mol. The van der Waals surface area contributed by atoms with Gasteiger partial charge in [-0.3, -0.25) is 4.98 Å². The van der Waals surface area contributed by atoms with Crippen LogP contribution in [-0.2, 0) is 0 Å². The van der Waals surface area contributed by atoms with E-state index in [1.165, 1.54) is 0 Å². The highest BCUT2D eigenvalue weighted by Gasteiger charge is 2.28. The predicted octanol–water partition coefficient (Wildman–Crippen LogP) is 3.38. The van der Waals surface area contributed by atoms with Crippen LogP contribution in [0.3, 0.4) is 0 Å². The van der Waals surface area contributed by atoms with E-state index < -0.39 is 12.6 Å². The van der Waals surface area contributed by atoms with Gasteiger partial charge >= 0.3 is 6.18 Å². The van der Waals surface area contributed by atoms with E-state index in [1.54, 1.807) is 6.20 Å². The van der Waals surface area contributed by atoms with Gasteiger partial charge in [0.05, 0.1) is 0 Å². The van der Waals surface area contributed by atoms with Crippen LogP contribution < -0.4 is 5.32 Å². The van der Waals surface area contributed by atoms with Crippen LogP contribution in [0.4, 0.5) is 13.2 Å². The Kier molecular flexibility index (Phi) is 4.93. The Hall–Kier alpha value is -1.10. The Balaban J connectivity index is 2.68. The molecule has 0 saturated heterocycles. The van der Waals surface area contributed by atoms with Gasteiger partial charge in [0.15, 0.2) is 0 Å². The number of halogens is 3. The molecule has 1 unspecified atom stereocenters. The highest BCUT2D eigenvalue weighted by atomic mass is 19.4. The minimum absolute atomic E-state index is 0.0437. The average Bonchev–Trinajstić information content (AvgIpc) is 2.24. The van der Waals surface area contributed by atoms with Gasteiger partial charge < -0.3 is 5.32 Å². The minimum Gasteiger partial charge on any atom is -0.310 e. The van der Waals surface area contributed by atoms with Gasteiger partial charge in [-0.1, -0.05) is 13.0 Å². The fourth-order valence-corrected chi connectivity index (χ4v) is 1.63. The van der Waals surface area contributed by atoms with Gasteiger partial charge in [-0.15, -0.1) is 0 Å². The summed E-state index contributed by atoms with van der Waals surface area (Å²) in [5.74, 6) is 0. The number of alkyl halides is 3. The molecule has 1 aromatic heterocycles. The molecule has 1 rings (SSSR count). The summed E-state index contributed by atoms with van der Waals surface area (Å²) >= 11 is 0. The summed E-state index contributed by atoms with van der Waals surface area (Å²) in [5, 5.41) is 3.05. The van der Waals surface area contributed by atoms with E-state index in [-0.39, 0.29) is 12.5 Å². The summed E-state index contributed by atoms with van der Waals surface area (Å²) in [7, 11) is 0. The lowest BCUT2D eigenvalue weighted by molar-refractivity contribution is -0.136. The van der Waals surface area contributed by atoms with E-state index in [9.17, 15) is 13.2 Å². The number of nitrogens with one attached hydrogen (secondary N) is 1. The summed E-state index contributed by atoms with van der Waals surface area (Å²) in [6.07, 6.45) is -3.20. The molecular weight excluding hydrogens is 229 g/mol. The van der Waals surface area contributed by atoms with Crippen LogP contribution in [0.25, 0.3) is 0 Å². The lowest BCUT2D eigenvalue weighted by atomic mass is 10.0. The summed E-state index contributed by atoms with van der Waals surface area (Å²) < 4.78 is 36.6. The van der Waals surface area contributed by atoms with Crippen LogP contribution in [0.15, 0.2) is 18.3 Å². The van der Waals surface area contributed by atoms with Crippen molar-refractivity contribution in [2.45, 2.75) is 38.9 Å². The van der Waals surface area contributed by atoms with Crippen LogP contribution in [0.5, 0.6) is 0 Å². The van der Waals surface area contributed by atoms with E-state index >= 15 is 0 Å². The number of aromatic nitrogens is 1. The van der Waals surface area contributed by atoms with E-state index in [0.29, 0.717) is 6.54 Å². The molecule has 0 amide bonds. The third-order valence-electron chi connectivity index (χ3n) is 2.50. The smallest absolute Gasteiger partial charge is 0.310 e. The van der Waals surface area contributed by atoms with Gasteiger partial charge in [0.1, 0.15) is 0 Å².